The van der Waals surface area contributed by atoms with Crippen LogP contribution < -0.4 is 10.5 Å². The number of hydrogen-bond donors (Lipinski definition) is 1. The van der Waals surface area contributed by atoms with Gasteiger partial charge >= 0.3 is 0 Å². The van der Waals surface area contributed by atoms with E-state index in [1.165, 1.54) is 20.9 Å². The van der Waals surface area contributed by atoms with Crippen LogP contribution >= 0.6 is 11.8 Å². The molecule has 0 aliphatic rings. The molecule has 0 saturated carbocycles. The Morgan fingerprint density at radius 2 is 1.89 bits per heavy atom. The molecule has 2 rings (SSSR count). The second kappa shape index (κ2) is 6.64. The van der Waals surface area contributed by atoms with Gasteiger partial charge in [-0.15, -0.1) is 0 Å². The molecule has 0 bridgehead atoms. The molecule has 0 fully saturated rings. The molecule has 3 heteroatoms. The van der Waals surface area contributed by atoms with Crippen molar-refractivity contribution in [3.8, 4) is 5.75 Å². The van der Waals surface area contributed by atoms with Gasteiger partial charge in [0.2, 0.25) is 0 Å². The minimum Gasteiger partial charge on any atom is -0.497 e. The fourth-order valence-electron chi connectivity index (χ4n) is 1.97. The summed E-state index contributed by atoms with van der Waals surface area (Å²) in [5.74, 6) is 0.890. The van der Waals surface area contributed by atoms with Crippen LogP contribution in [0.4, 0.5) is 0 Å². The Bertz CT molecular complexity index is 554. The number of benzene rings is 2. The summed E-state index contributed by atoms with van der Waals surface area (Å²) in [6, 6.07) is 14.7. The van der Waals surface area contributed by atoms with E-state index in [9.17, 15) is 0 Å². The molecule has 0 aromatic heterocycles. The lowest BCUT2D eigenvalue weighted by molar-refractivity contribution is 0.413. The monoisotopic (exact) mass is 273 g/mol. The molecule has 2 N–H and O–H groups in total. The van der Waals surface area contributed by atoms with Crippen LogP contribution in [0.1, 0.15) is 11.1 Å². The number of ether oxygens (including phenoxy) is 1. The van der Waals surface area contributed by atoms with Crippen molar-refractivity contribution in [2.75, 3.05) is 13.7 Å². The van der Waals surface area contributed by atoms with Crippen molar-refractivity contribution in [3.05, 3.63) is 53.6 Å². The van der Waals surface area contributed by atoms with E-state index in [0.29, 0.717) is 6.54 Å². The van der Waals surface area contributed by atoms with Crippen molar-refractivity contribution in [2.24, 2.45) is 5.73 Å². The van der Waals surface area contributed by atoms with Gasteiger partial charge < -0.3 is 10.5 Å². The highest BCUT2D eigenvalue weighted by molar-refractivity contribution is 7.99. The van der Waals surface area contributed by atoms with Crippen LogP contribution in [0, 0.1) is 6.92 Å². The van der Waals surface area contributed by atoms with E-state index >= 15 is 0 Å². The van der Waals surface area contributed by atoms with Gasteiger partial charge in [-0.1, -0.05) is 23.9 Å². The molecule has 0 heterocycles. The fourth-order valence-corrected chi connectivity index (χ4v) is 2.93. The zero-order valence-corrected chi connectivity index (χ0v) is 12.2. The molecular formula is C16H19NOS. The van der Waals surface area contributed by atoms with Crippen LogP contribution in [-0.2, 0) is 6.42 Å². The quantitative estimate of drug-likeness (QED) is 0.903. The van der Waals surface area contributed by atoms with Gasteiger partial charge in [0.15, 0.2) is 0 Å². The summed E-state index contributed by atoms with van der Waals surface area (Å²) in [5.41, 5.74) is 8.24. The van der Waals surface area contributed by atoms with Crippen LogP contribution in [0.15, 0.2) is 52.3 Å². The first-order valence-corrected chi connectivity index (χ1v) is 7.16. The summed E-state index contributed by atoms with van der Waals surface area (Å²) in [7, 11) is 1.69. The molecule has 100 valence electrons. The largest absolute Gasteiger partial charge is 0.497 e. The SMILES string of the molecule is COc1cccc(Sc2ccc(CCN)c(C)c2)c1. The Balaban J connectivity index is 2.16. The molecular weight excluding hydrogens is 254 g/mol. The van der Waals surface area contributed by atoms with Crippen molar-refractivity contribution in [1.82, 2.24) is 0 Å². The van der Waals surface area contributed by atoms with E-state index in [1.54, 1.807) is 18.9 Å². The standard InChI is InChI=1S/C16H19NOS/c1-12-10-16(7-6-13(12)8-9-17)19-15-5-3-4-14(11-15)18-2/h3-7,10-11H,8-9,17H2,1-2H3. The first-order valence-electron chi connectivity index (χ1n) is 6.34. The number of nitrogens with two attached hydrogens (primary N) is 1. The molecule has 0 aliphatic heterocycles. The summed E-state index contributed by atoms with van der Waals surface area (Å²) >= 11 is 1.75. The number of methoxy groups -OCH3 is 1. The van der Waals surface area contributed by atoms with Crippen LogP contribution in [0.5, 0.6) is 5.75 Å². The van der Waals surface area contributed by atoms with E-state index < -0.39 is 0 Å². The highest BCUT2D eigenvalue weighted by Gasteiger charge is 2.02. The first-order chi connectivity index (χ1) is 9.22. The summed E-state index contributed by atoms with van der Waals surface area (Å²) in [4.78, 5) is 2.43. The summed E-state index contributed by atoms with van der Waals surface area (Å²) in [6.45, 7) is 2.84. The van der Waals surface area contributed by atoms with Gasteiger partial charge in [-0.05, 0) is 61.3 Å². The van der Waals surface area contributed by atoms with Crippen molar-refractivity contribution < 1.29 is 4.74 Å². The second-order valence-electron chi connectivity index (χ2n) is 4.41. The summed E-state index contributed by atoms with van der Waals surface area (Å²) in [6.07, 6.45) is 0.940. The van der Waals surface area contributed by atoms with Gasteiger partial charge in [0.25, 0.3) is 0 Å². The lowest BCUT2D eigenvalue weighted by Crippen LogP contribution is -2.03. The zero-order valence-electron chi connectivity index (χ0n) is 11.3. The van der Waals surface area contributed by atoms with Crippen LogP contribution in [0.3, 0.4) is 0 Å². The lowest BCUT2D eigenvalue weighted by Gasteiger charge is -2.08. The Kier molecular flexibility index (Phi) is 4.88. The highest BCUT2D eigenvalue weighted by Crippen LogP contribution is 2.31. The minimum atomic E-state index is 0.698. The smallest absolute Gasteiger partial charge is 0.119 e. The molecule has 0 amide bonds. The Morgan fingerprint density at radius 1 is 1.11 bits per heavy atom. The topological polar surface area (TPSA) is 35.2 Å². The molecule has 2 aromatic rings. The van der Waals surface area contributed by atoms with Crippen molar-refractivity contribution >= 4 is 11.8 Å². The van der Waals surface area contributed by atoms with E-state index in [4.69, 9.17) is 10.5 Å². The molecule has 19 heavy (non-hydrogen) atoms. The molecule has 0 aliphatic carbocycles. The van der Waals surface area contributed by atoms with Gasteiger partial charge in [-0.2, -0.15) is 0 Å². The van der Waals surface area contributed by atoms with Crippen LogP contribution in [0.2, 0.25) is 0 Å². The Labute approximate surface area is 119 Å². The van der Waals surface area contributed by atoms with E-state index in [0.717, 1.165) is 12.2 Å². The lowest BCUT2D eigenvalue weighted by atomic mass is 10.1. The van der Waals surface area contributed by atoms with Gasteiger partial charge in [-0.3, -0.25) is 0 Å². The van der Waals surface area contributed by atoms with E-state index in [-0.39, 0.29) is 0 Å². The molecule has 0 spiro atoms. The van der Waals surface area contributed by atoms with Crippen LogP contribution in [-0.4, -0.2) is 13.7 Å². The molecule has 0 unspecified atom stereocenters. The van der Waals surface area contributed by atoms with Gasteiger partial charge in [-0.25, -0.2) is 0 Å². The van der Waals surface area contributed by atoms with Gasteiger partial charge in [0.1, 0.15) is 5.75 Å². The van der Waals surface area contributed by atoms with Crippen molar-refractivity contribution in [3.63, 3.8) is 0 Å². The van der Waals surface area contributed by atoms with Gasteiger partial charge in [0.05, 0.1) is 7.11 Å². The summed E-state index contributed by atoms with van der Waals surface area (Å²) < 4.78 is 5.24. The van der Waals surface area contributed by atoms with E-state index in [2.05, 4.69) is 31.2 Å². The summed E-state index contributed by atoms with van der Waals surface area (Å²) in [5, 5.41) is 0. The number of hydrogen-bond acceptors (Lipinski definition) is 3. The van der Waals surface area contributed by atoms with Gasteiger partial charge in [0, 0.05) is 9.79 Å². The number of aryl methyl sites for hydroxylation is 1. The maximum absolute atomic E-state index is 5.60. The molecule has 0 saturated heterocycles. The predicted molar refractivity (Wildman–Crippen MR) is 81.1 cm³/mol. The zero-order chi connectivity index (χ0) is 13.7. The second-order valence-corrected chi connectivity index (χ2v) is 5.55. The normalized spacial score (nSPS) is 10.5. The molecule has 0 atom stereocenters. The third kappa shape index (κ3) is 3.75. The van der Waals surface area contributed by atoms with Crippen molar-refractivity contribution in [2.45, 2.75) is 23.1 Å². The van der Waals surface area contributed by atoms with Crippen LogP contribution in [0.25, 0.3) is 0 Å². The third-order valence-electron chi connectivity index (χ3n) is 3.00. The van der Waals surface area contributed by atoms with E-state index in [1.807, 2.05) is 18.2 Å². The average molecular weight is 273 g/mol. The average Bonchev–Trinajstić information content (AvgIpc) is 2.42. The Morgan fingerprint density at radius 3 is 2.58 bits per heavy atom. The number of rotatable bonds is 5. The molecule has 2 aromatic carbocycles. The first kappa shape index (κ1) is 14.0. The third-order valence-corrected chi connectivity index (χ3v) is 3.98. The predicted octanol–water partition coefficient (Wildman–Crippen LogP) is 3.66. The van der Waals surface area contributed by atoms with Crippen molar-refractivity contribution in [1.29, 1.82) is 0 Å². The maximum atomic E-state index is 5.60. The maximum Gasteiger partial charge on any atom is 0.119 e. The highest BCUT2D eigenvalue weighted by atomic mass is 32.2. The Hall–Kier alpha value is -1.45. The molecule has 0 radical (unpaired) electrons. The minimum absolute atomic E-state index is 0.698. The molecule has 2 nitrogen and oxygen atoms in total. The fraction of sp³-hybridized carbons (Fsp3) is 0.250.